The van der Waals surface area contributed by atoms with E-state index in [4.69, 9.17) is 34.0 Å². The van der Waals surface area contributed by atoms with Crippen molar-refractivity contribution in [3.8, 4) is 5.75 Å². The maximum atomic E-state index is 12.6. The fourth-order valence-electron chi connectivity index (χ4n) is 7.67. The first kappa shape index (κ1) is 48.7. The number of aliphatic hydroxyl groups excluding tert-OH is 4. The second-order valence-electron chi connectivity index (χ2n) is 15.6. The summed E-state index contributed by atoms with van der Waals surface area (Å²) in [6, 6.07) is 16.4. The zero-order valence-corrected chi connectivity index (χ0v) is 37.7. The molecule has 28 heteroatoms. The summed E-state index contributed by atoms with van der Waals surface area (Å²) in [6.07, 6.45) is -6.65. The molecule has 0 saturated carbocycles. The zero-order valence-electron chi connectivity index (χ0n) is 35.9. The molecule has 2 saturated heterocycles. The van der Waals surface area contributed by atoms with Gasteiger partial charge in [0, 0.05) is 37.7 Å². The van der Waals surface area contributed by atoms with E-state index >= 15 is 0 Å². The van der Waals surface area contributed by atoms with Crippen LogP contribution in [-0.2, 0) is 43.8 Å². The average molecular weight is 986 g/mol. The number of carbonyl (C=O) groups is 2. The van der Waals surface area contributed by atoms with Gasteiger partial charge in [-0.1, -0.05) is 18.2 Å². The van der Waals surface area contributed by atoms with Crippen LogP contribution in [0.1, 0.15) is 35.7 Å². The number of aromatic nitrogens is 7. The largest absolute Gasteiger partial charge is 0.756 e. The first-order valence-electron chi connectivity index (χ1n) is 21.0. The van der Waals surface area contributed by atoms with Gasteiger partial charge in [-0.2, -0.15) is 9.13 Å². The molecule has 68 heavy (non-hydrogen) atoms. The molecule has 6 heterocycles. The number of pyridine rings is 1. The Labute approximate surface area is 385 Å². The first-order valence-corrected chi connectivity index (χ1v) is 23.9. The summed E-state index contributed by atoms with van der Waals surface area (Å²) in [5.74, 6) is -0.0821. The number of rotatable bonds is 20. The quantitative estimate of drug-likeness (QED) is 0.0190. The van der Waals surface area contributed by atoms with Crippen LogP contribution in [-0.4, -0.2) is 131 Å². The third-order valence-corrected chi connectivity index (χ3v) is 13.6. The highest BCUT2D eigenvalue weighted by Crippen LogP contribution is 2.58. The summed E-state index contributed by atoms with van der Waals surface area (Å²) >= 11 is 0. The number of imidazole rings is 1. The van der Waals surface area contributed by atoms with Crippen molar-refractivity contribution in [2.45, 2.75) is 61.9 Å². The van der Waals surface area contributed by atoms with Crippen LogP contribution in [0.15, 0.2) is 79.6 Å². The molecule has 26 nitrogen and oxygen atoms in total. The lowest BCUT2D eigenvalue weighted by molar-refractivity contribution is -0.765. The maximum absolute atomic E-state index is 12.6. The molecule has 0 spiro atoms. The number of anilines is 1. The number of amides is 2. The number of nitrogens with zero attached hydrogens (tertiary/aromatic N) is 7. The number of para-hydroxylation sites is 3. The third-order valence-electron chi connectivity index (χ3n) is 11.1. The van der Waals surface area contributed by atoms with Crippen LogP contribution in [0, 0.1) is 0 Å². The number of ether oxygens (including phenoxy) is 3. The number of aryl methyl sites for hydroxylation is 1. The highest BCUT2D eigenvalue weighted by Gasteiger charge is 2.50. The molecule has 0 radical (unpaired) electrons. The smallest absolute Gasteiger partial charge is 0.478 e. The van der Waals surface area contributed by atoms with Gasteiger partial charge < -0.3 is 65.3 Å². The van der Waals surface area contributed by atoms with E-state index in [2.05, 4.69) is 34.5 Å². The summed E-state index contributed by atoms with van der Waals surface area (Å²) in [5, 5.41) is 48.5. The summed E-state index contributed by atoms with van der Waals surface area (Å²) in [6.45, 7) is -1.19. The second-order valence-corrected chi connectivity index (χ2v) is 18.6. The van der Waals surface area contributed by atoms with Crippen LogP contribution < -0.4 is 35.1 Å². The minimum atomic E-state index is -5.70. The first-order chi connectivity index (χ1) is 32.5. The minimum absolute atomic E-state index is 0.0517. The number of phosphoric ester groups is 2. The normalized spacial score (nSPS) is 24.5. The number of primary amides is 1. The van der Waals surface area contributed by atoms with E-state index in [1.165, 1.54) is 46.3 Å². The SMILES string of the molecule is C[n+]1c2ccccc2nc2c(OCCCC(=O)NCCNc3ncnc4c3ncn4C3OC(COP(=O)([O-])OP(=O)(O)OCC4OC([n+]5cccc(C(N)=O)c5)C(O)C4O)C(O)C3O)cccc21. The van der Waals surface area contributed by atoms with E-state index < -0.39 is 83.8 Å². The molecule has 362 valence electrons. The van der Waals surface area contributed by atoms with E-state index in [0.717, 1.165) is 22.1 Å². The Morgan fingerprint density at radius 2 is 1.65 bits per heavy atom. The van der Waals surface area contributed by atoms with Crippen molar-refractivity contribution in [2.24, 2.45) is 12.8 Å². The number of hydrogen-bond donors (Lipinski definition) is 8. The van der Waals surface area contributed by atoms with Gasteiger partial charge in [-0.3, -0.25) is 23.2 Å². The van der Waals surface area contributed by atoms with Crippen molar-refractivity contribution < 1.29 is 85.6 Å². The lowest BCUT2D eigenvalue weighted by atomic mass is 10.1. The Hall–Kier alpha value is -5.70. The van der Waals surface area contributed by atoms with Crippen molar-refractivity contribution >= 4 is 66.5 Å². The van der Waals surface area contributed by atoms with Crippen molar-refractivity contribution in [2.75, 3.05) is 38.2 Å². The van der Waals surface area contributed by atoms with Gasteiger partial charge in [0.15, 0.2) is 53.0 Å². The van der Waals surface area contributed by atoms with Gasteiger partial charge in [0.25, 0.3) is 20.0 Å². The monoisotopic (exact) mass is 985 g/mol. The maximum Gasteiger partial charge on any atom is 0.478 e. The Bertz CT molecular complexity index is 2920. The van der Waals surface area contributed by atoms with Crippen molar-refractivity contribution in [1.82, 2.24) is 29.8 Å². The topological polar surface area (TPSA) is 362 Å². The summed E-state index contributed by atoms with van der Waals surface area (Å²) in [4.78, 5) is 64.5. The molecular formula is C40H47N10O16P2+. The van der Waals surface area contributed by atoms with E-state index in [0.29, 0.717) is 18.8 Å². The average Bonchev–Trinajstić information content (AvgIpc) is 3.96. The molecule has 10 atom stereocenters. The number of nitrogens with two attached hydrogens (primary N) is 1. The second kappa shape index (κ2) is 20.5. The lowest BCUT2D eigenvalue weighted by Crippen LogP contribution is -2.46. The lowest BCUT2D eigenvalue weighted by Gasteiger charge is -2.26. The Morgan fingerprint density at radius 3 is 2.46 bits per heavy atom. The number of phosphoric acid groups is 2. The molecule has 0 bridgehead atoms. The van der Waals surface area contributed by atoms with Gasteiger partial charge in [-0.05, 0) is 24.6 Å². The van der Waals surface area contributed by atoms with Crippen LogP contribution in [0.25, 0.3) is 33.2 Å². The fraction of sp³-hybridized carbons (Fsp3) is 0.400. The van der Waals surface area contributed by atoms with Crippen LogP contribution in [0.2, 0.25) is 0 Å². The van der Waals surface area contributed by atoms with Crippen LogP contribution in [0.4, 0.5) is 5.82 Å². The molecule has 2 aliphatic heterocycles. The molecule has 10 unspecified atom stereocenters. The van der Waals surface area contributed by atoms with Gasteiger partial charge in [0.05, 0.1) is 26.1 Å². The molecule has 2 aromatic carbocycles. The standard InChI is InChI=1S/C40H46N10O16P2/c1-48-24-9-3-2-8-23(24)47-30-25(48)10-4-11-26(30)61-16-6-12-29(51)42-13-14-43-37-31-38(45-20-44-37)50(21-46-31)40-35(55)33(53)28(65-40)19-63-68(59,60)66-67(57,58)62-18-27-32(52)34(54)39(64-27)49-15-5-7-22(17-49)36(41)56/h2-5,7-11,15,17,20-21,27-28,32-35,39-40,52-55H,6,12-14,16,18-19H2,1H3,(H4-2,41,42,43,44,45,51,56,57,58,59,60)/p+1. The summed E-state index contributed by atoms with van der Waals surface area (Å²) < 4.78 is 60.7. The number of aliphatic hydroxyl groups is 4. The van der Waals surface area contributed by atoms with Crippen molar-refractivity contribution in [3.63, 3.8) is 0 Å². The van der Waals surface area contributed by atoms with E-state index in [9.17, 15) is 48.9 Å². The Kier molecular flexibility index (Phi) is 14.7. The van der Waals surface area contributed by atoms with Crippen LogP contribution in [0.5, 0.6) is 5.75 Å². The number of hydrogen-bond acceptors (Lipinski definition) is 20. The van der Waals surface area contributed by atoms with Crippen molar-refractivity contribution in [1.29, 1.82) is 0 Å². The summed E-state index contributed by atoms with van der Waals surface area (Å²) in [7, 11) is -9.23. The highest BCUT2D eigenvalue weighted by atomic mass is 31.3. The molecule has 2 fully saturated rings. The Morgan fingerprint density at radius 1 is 0.897 bits per heavy atom. The predicted molar refractivity (Wildman–Crippen MR) is 229 cm³/mol. The molecule has 9 N–H and O–H groups in total. The van der Waals surface area contributed by atoms with Crippen molar-refractivity contribution in [3.05, 3.63) is 85.2 Å². The molecule has 4 aromatic heterocycles. The molecular weight excluding hydrogens is 938 g/mol. The summed E-state index contributed by atoms with van der Waals surface area (Å²) in [5.41, 5.74) is 9.18. The van der Waals surface area contributed by atoms with Gasteiger partial charge >= 0.3 is 7.82 Å². The van der Waals surface area contributed by atoms with E-state index in [1.807, 2.05) is 49.5 Å². The molecule has 8 rings (SSSR count). The Balaban J connectivity index is 0.779. The minimum Gasteiger partial charge on any atom is -0.756 e. The highest BCUT2D eigenvalue weighted by molar-refractivity contribution is 7.60. The predicted octanol–water partition coefficient (Wildman–Crippen LogP) is -1.32. The zero-order chi connectivity index (χ0) is 48.3. The van der Waals surface area contributed by atoms with Gasteiger partial charge in [0.1, 0.15) is 55.0 Å². The van der Waals surface area contributed by atoms with Crippen LogP contribution in [0.3, 0.4) is 0 Å². The molecule has 2 amide bonds. The van der Waals surface area contributed by atoms with Gasteiger partial charge in [-0.15, -0.1) is 0 Å². The number of fused-ring (bicyclic) bond motifs is 3. The molecule has 2 aliphatic rings. The molecule has 6 aromatic rings. The third kappa shape index (κ3) is 10.8. The van der Waals surface area contributed by atoms with Crippen LogP contribution >= 0.6 is 15.6 Å². The van der Waals surface area contributed by atoms with Gasteiger partial charge in [-0.25, -0.2) is 28.8 Å². The fourth-order valence-corrected chi connectivity index (χ4v) is 9.72. The number of nitrogens with one attached hydrogen (secondary N) is 2. The molecule has 0 aliphatic carbocycles. The van der Waals surface area contributed by atoms with E-state index in [1.54, 1.807) is 0 Å². The van der Waals surface area contributed by atoms with E-state index in [-0.39, 0.29) is 48.0 Å². The number of benzene rings is 2. The van der Waals surface area contributed by atoms with Gasteiger partial charge in [0.2, 0.25) is 16.9 Å². The number of carbonyl (C=O) groups excluding carboxylic acids is 2.